The number of halogens is 1. The molecule has 3 N–H and O–H groups in total. The number of nitrogens with two attached hydrogens (primary N) is 1. The monoisotopic (exact) mass is 316 g/mol. The predicted octanol–water partition coefficient (Wildman–Crippen LogP) is 1.93. The maximum Gasteiger partial charge on any atom is 0.258 e. The molecule has 0 aliphatic carbocycles. The third kappa shape index (κ3) is 4.81. The second-order valence-electron chi connectivity index (χ2n) is 5.04. The molecule has 0 aromatic heterocycles. The fraction of sp³-hybridized carbons (Fsp3) is 0.176. The average Bonchev–Trinajstić information content (AvgIpc) is 2.54. The van der Waals surface area contributed by atoms with Crippen molar-refractivity contribution in [1.82, 2.24) is 5.32 Å². The van der Waals surface area contributed by atoms with Crippen LogP contribution < -0.4 is 15.8 Å². The van der Waals surface area contributed by atoms with Crippen LogP contribution in [-0.4, -0.2) is 18.4 Å². The Morgan fingerprint density at radius 1 is 1.17 bits per heavy atom. The Morgan fingerprint density at radius 3 is 2.48 bits per heavy atom. The van der Waals surface area contributed by atoms with Crippen molar-refractivity contribution in [3.8, 4) is 5.75 Å². The van der Waals surface area contributed by atoms with Gasteiger partial charge in [0.2, 0.25) is 5.91 Å². The van der Waals surface area contributed by atoms with Crippen molar-refractivity contribution >= 4 is 11.8 Å². The van der Waals surface area contributed by atoms with Crippen LogP contribution in [0, 0.1) is 12.7 Å². The number of amides is 2. The topological polar surface area (TPSA) is 81.4 Å². The van der Waals surface area contributed by atoms with Crippen LogP contribution in [0.2, 0.25) is 0 Å². The molecule has 0 atom stereocenters. The van der Waals surface area contributed by atoms with Gasteiger partial charge in [0.05, 0.1) is 0 Å². The van der Waals surface area contributed by atoms with E-state index in [1.807, 2.05) is 0 Å². The van der Waals surface area contributed by atoms with Gasteiger partial charge in [-0.2, -0.15) is 0 Å². The van der Waals surface area contributed by atoms with Crippen LogP contribution in [0.1, 0.15) is 21.5 Å². The zero-order chi connectivity index (χ0) is 16.8. The number of rotatable bonds is 6. The molecule has 0 heterocycles. The number of primary amides is 1. The number of carbonyl (C=O) groups is 2. The van der Waals surface area contributed by atoms with E-state index in [4.69, 9.17) is 10.5 Å². The first-order valence-electron chi connectivity index (χ1n) is 7.00. The Morgan fingerprint density at radius 2 is 1.87 bits per heavy atom. The highest BCUT2D eigenvalue weighted by Gasteiger charge is 2.05. The number of hydrogen-bond acceptors (Lipinski definition) is 3. The summed E-state index contributed by atoms with van der Waals surface area (Å²) in [6, 6.07) is 11.0. The van der Waals surface area contributed by atoms with Gasteiger partial charge in [0.25, 0.3) is 5.91 Å². The smallest absolute Gasteiger partial charge is 0.258 e. The Hall–Kier alpha value is -2.89. The van der Waals surface area contributed by atoms with Gasteiger partial charge in [0, 0.05) is 12.1 Å². The van der Waals surface area contributed by atoms with Gasteiger partial charge >= 0.3 is 0 Å². The minimum atomic E-state index is -0.528. The van der Waals surface area contributed by atoms with E-state index >= 15 is 0 Å². The SMILES string of the molecule is Cc1ccc(CNC(=O)COc2ccc(C(N)=O)cc2)cc1F. The minimum absolute atomic E-state index is 0.176. The van der Waals surface area contributed by atoms with Gasteiger partial charge in [-0.25, -0.2) is 4.39 Å². The van der Waals surface area contributed by atoms with Gasteiger partial charge in [0.1, 0.15) is 11.6 Å². The fourth-order valence-electron chi connectivity index (χ4n) is 1.86. The predicted molar refractivity (Wildman–Crippen MR) is 83.4 cm³/mol. The van der Waals surface area contributed by atoms with E-state index in [1.165, 1.54) is 18.2 Å². The maximum atomic E-state index is 13.4. The molecule has 0 spiro atoms. The molecule has 2 rings (SSSR count). The van der Waals surface area contributed by atoms with E-state index in [-0.39, 0.29) is 24.9 Å². The molecule has 0 aliphatic rings. The highest BCUT2D eigenvalue weighted by molar-refractivity contribution is 5.92. The second-order valence-corrected chi connectivity index (χ2v) is 5.04. The molecule has 2 amide bonds. The lowest BCUT2D eigenvalue weighted by molar-refractivity contribution is -0.123. The highest BCUT2D eigenvalue weighted by Crippen LogP contribution is 2.12. The zero-order valence-electron chi connectivity index (χ0n) is 12.6. The molecule has 0 saturated carbocycles. The Balaban J connectivity index is 1.80. The summed E-state index contributed by atoms with van der Waals surface area (Å²) in [4.78, 5) is 22.6. The molecule has 2 aromatic rings. The second kappa shape index (κ2) is 7.40. The summed E-state index contributed by atoms with van der Waals surface area (Å²) in [7, 11) is 0. The maximum absolute atomic E-state index is 13.4. The molecule has 0 bridgehead atoms. The Labute approximate surface area is 133 Å². The number of carbonyl (C=O) groups excluding carboxylic acids is 2. The summed E-state index contributed by atoms with van der Waals surface area (Å²) in [5.41, 5.74) is 6.73. The molecule has 6 heteroatoms. The zero-order valence-corrected chi connectivity index (χ0v) is 12.6. The average molecular weight is 316 g/mol. The number of nitrogens with one attached hydrogen (secondary N) is 1. The third-order valence-corrected chi connectivity index (χ3v) is 3.23. The molecule has 120 valence electrons. The number of hydrogen-bond donors (Lipinski definition) is 2. The van der Waals surface area contributed by atoms with Crippen molar-refractivity contribution in [2.24, 2.45) is 5.73 Å². The summed E-state index contributed by atoms with van der Waals surface area (Å²) in [6.07, 6.45) is 0. The van der Waals surface area contributed by atoms with Crippen molar-refractivity contribution in [3.63, 3.8) is 0 Å². The van der Waals surface area contributed by atoms with E-state index in [0.717, 1.165) is 0 Å². The van der Waals surface area contributed by atoms with Gasteiger partial charge in [-0.3, -0.25) is 9.59 Å². The summed E-state index contributed by atoms with van der Waals surface area (Å²) in [6.45, 7) is 1.72. The van der Waals surface area contributed by atoms with Gasteiger partial charge in [0.15, 0.2) is 6.61 Å². The molecule has 23 heavy (non-hydrogen) atoms. The van der Waals surface area contributed by atoms with Gasteiger partial charge < -0.3 is 15.8 Å². The van der Waals surface area contributed by atoms with Gasteiger partial charge in [-0.05, 0) is 48.4 Å². The van der Waals surface area contributed by atoms with Crippen LogP contribution in [0.5, 0.6) is 5.75 Å². The molecule has 0 saturated heterocycles. The molecular weight excluding hydrogens is 299 g/mol. The summed E-state index contributed by atoms with van der Waals surface area (Å²) >= 11 is 0. The van der Waals surface area contributed by atoms with Crippen LogP contribution in [0.4, 0.5) is 4.39 Å². The minimum Gasteiger partial charge on any atom is -0.484 e. The van der Waals surface area contributed by atoms with E-state index in [2.05, 4.69) is 5.32 Å². The van der Waals surface area contributed by atoms with E-state index < -0.39 is 5.91 Å². The molecule has 0 aliphatic heterocycles. The molecule has 0 unspecified atom stereocenters. The summed E-state index contributed by atoms with van der Waals surface area (Å²) in [5, 5.41) is 2.64. The van der Waals surface area contributed by atoms with Crippen LogP contribution >= 0.6 is 0 Å². The quantitative estimate of drug-likeness (QED) is 0.854. The number of ether oxygens (including phenoxy) is 1. The lowest BCUT2D eigenvalue weighted by atomic mass is 10.1. The van der Waals surface area contributed by atoms with E-state index in [1.54, 1.807) is 31.2 Å². The van der Waals surface area contributed by atoms with Crippen LogP contribution in [0.15, 0.2) is 42.5 Å². The Kier molecular flexibility index (Phi) is 5.30. The molecule has 2 aromatic carbocycles. The third-order valence-electron chi connectivity index (χ3n) is 3.23. The fourth-order valence-corrected chi connectivity index (χ4v) is 1.86. The van der Waals surface area contributed by atoms with Gasteiger partial charge in [-0.1, -0.05) is 12.1 Å². The summed E-state index contributed by atoms with van der Waals surface area (Å²) in [5.74, 6) is -0.710. The van der Waals surface area contributed by atoms with Crippen molar-refractivity contribution in [3.05, 3.63) is 65.0 Å². The Bertz CT molecular complexity index is 714. The lowest BCUT2D eigenvalue weighted by Crippen LogP contribution is -2.28. The van der Waals surface area contributed by atoms with Crippen molar-refractivity contribution in [2.75, 3.05) is 6.61 Å². The van der Waals surface area contributed by atoms with E-state index in [9.17, 15) is 14.0 Å². The largest absolute Gasteiger partial charge is 0.484 e. The molecule has 5 nitrogen and oxygen atoms in total. The van der Waals surface area contributed by atoms with Crippen molar-refractivity contribution in [1.29, 1.82) is 0 Å². The highest BCUT2D eigenvalue weighted by atomic mass is 19.1. The normalized spacial score (nSPS) is 10.2. The van der Waals surface area contributed by atoms with Crippen molar-refractivity contribution < 1.29 is 18.7 Å². The van der Waals surface area contributed by atoms with Crippen LogP contribution in [-0.2, 0) is 11.3 Å². The standard InChI is InChI=1S/C17H17FN2O3/c1-11-2-3-12(8-15(11)18)9-20-16(21)10-23-14-6-4-13(5-7-14)17(19)22/h2-8H,9-10H2,1H3,(H2,19,22)(H,20,21). The molecule has 0 fully saturated rings. The van der Waals surface area contributed by atoms with Gasteiger partial charge in [-0.15, -0.1) is 0 Å². The summed E-state index contributed by atoms with van der Waals surface area (Å²) < 4.78 is 18.7. The van der Waals surface area contributed by atoms with E-state index in [0.29, 0.717) is 22.4 Å². The first-order valence-corrected chi connectivity index (χ1v) is 7.00. The first-order chi connectivity index (χ1) is 11.0. The van der Waals surface area contributed by atoms with Crippen LogP contribution in [0.3, 0.4) is 0 Å². The first kappa shape index (κ1) is 16.5. The van der Waals surface area contributed by atoms with Crippen LogP contribution in [0.25, 0.3) is 0 Å². The lowest BCUT2D eigenvalue weighted by Gasteiger charge is -2.08. The number of aryl methyl sites for hydroxylation is 1. The molecular formula is C17H17FN2O3. The molecule has 0 radical (unpaired) electrons. The number of benzene rings is 2. The van der Waals surface area contributed by atoms with Crippen molar-refractivity contribution in [2.45, 2.75) is 13.5 Å².